The summed E-state index contributed by atoms with van der Waals surface area (Å²) in [6, 6.07) is 19.8. The predicted molar refractivity (Wildman–Crippen MR) is 119 cm³/mol. The van der Waals surface area contributed by atoms with Gasteiger partial charge >= 0.3 is 0 Å². The molecule has 0 spiro atoms. The zero-order valence-corrected chi connectivity index (χ0v) is 18.2. The van der Waals surface area contributed by atoms with Crippen LogP contribution in [0.25, 0.3) is 0 Å². The van der Waals surface area contributed by atoms with Crippen molar-refractivity contribution in [2.45, 2.75) is 25.9 Å². The number of methoxy groups -OCH3 is 2. The Hall–Kier alpha value is -3.05. The van der Waals surface area contributed by atoms with Crippen LogP contribution in [0.4, 0.5) is 4.39 Å². The lowest BCUT2D eigenvalue weighted by molar-refractivity contribution is 0.0916. The maximum Gasteiger partial charge on any atom is 0.126 e. The summed E-state index contributed by atoms with van der Waals surface area (Å²) >= 11 is 0. The van der Waals surface area contributed by atoms with Crippen LogP contribution in [0.2, 0.25) is 0 Å². The lowest BCUT2D eigenvalue weighted by Crippen LogP contribution is -2.19. The van der Waals surface area contributed by atoms with E-state index in [9.17, 15) is 9.50 Å². The van der Waals surface area contributed by atoms with E-state index in [1.165, 1.54) is 12.1 Å². The minimum Gasteiger partial charge on any atom is -0.496 e. The fourth-order valence-corrected chi connectivity index (χ4v) is 3.72. The molecular weight excluding hydrogens is 395 g/mol. The van der Waals surface area contributed by atoms with Crippen LogP contribution in [-0.2, 0) is 6.42 Å². The van der Waals surface area contributed by atoms with E-state index in [4.69, 9.17) is 14.2 Å². The molecule has 1 unspecified atom stereocenters. The number of aliphatic hydroxyl groups excluding tert-OH is 1. The van der Waals surface area contributed by atoms with Crippen molar-refractivity contribution < 1.29 is 23.7 Å². The number of benzene rings is 3. The van der Waals surface area contributed by atoms with Gasteiger partial charge in [-0.25, -0.2) is 4.39 Å². The minimum atomic E-state index is -0.750. The van der Waals surface area contributed by atoms with Crippen molar-refractivity contribution in [1.29, 1.82) is 0 Å². The molecule has 0 amide bonds. The molecule has 0 saturated carbocycles. The first-order chi connectivity index (χ1) is 15.0. The van der Waals surface area contributed by atoms with E-state index in [-0.39, 0.29) is 11.7 Å². The lowest BCUT2D eigenvalue weighted by atomic mass is 9.87. The molecule has 0 bridgehead atoms. The van der Waals surface area contributed by atoms with Gasteiger partial charge in [0.15, 0.2) is 0 Å². The van der Waals surface area contributed by atoms with Crippen LogP contribution in [0.1, 0.15) is 29.2 Å². The number of rotatable bonds is 10. The van der Waals surface area contributed by atoms with Gasteiger partial charge in [-0.05, 0) is 61.1 Å². The fourth-order valence-electron chi connectivity index (χ4n) is 3.72. The highest BCUT2D eigenvalue weighted by Crippen LogP contribution is 2.36. The van der Waals surface area contributed by atoms with E-state index < -0.39 is 6.10 Å². The minimum absolute atomic E-state index is 0.118. The van der Waals surface area contributed by atoms with Crippen LogP contribution >= 0.6 is 0 Å². The molecule has 3 aromatic rings. The Kier molecular flexibility index (Phi) is 7.90. The SMILES string of the molecule is COc1cc(C(O)[C@@H](CCOc2cccc(F)c2)Cc2ccccc2)cc(OC)c1C. The van der Waals surface area contributed by atoms with Crippen LogP contribution in [0.5, 0.6) is 17.2 Å². The standard InChI is InChI=1S/C26H29FO4/c1-18-24(29-2)15-21(16-25(18)30-3)26(28)20(14-19-8-5-4-6-9-19)12-13-31-23-11-7-10-22(27)17-23/h4-11,15-17,20,26,28H,12-14H2,1-3H3/t20-,26?/m0/s1. The Balaban J connectivity index is 1.81. The highest BCUT2D eigenvalue weighted by atomic mass is 19.1. The molecule has 31 heavy (non-hydrogen) atoms. The summed E-state index contributed by atoms with van der Waals surface area (Å²) in [6.45, 7) is 2.28. The first-order valence-corrected chi connectivity index (χ1v) is 10.3. The van der Waals surface area contributed by atoms with Gasteiger partial charge in [-0.3, -0.25) is 0 Å². The molecule has 0 fully saturated rings. The first kappa shape index (κ1) is 22.6. The van der Waals surface area contributed by atoms with Crippen molar-refractivity contribution in [3.63, 3.8) is 0 Å². The lowest BCUT2D eigenvalue weighted by Gasteiger charge is -2.25. The molecule has 3 rings (SSSR count). The van der Waals surface area contributed by atoms with E-state index in [0.717, 1.165) is 16.7 Å². The first-order valence-electron chi connectivity index (χ1n) is 10.3. The summed E-state index contributed by atoms with van der Waals surface area (Å²) in [5, 5.41) is 11.3. The van der Waals surface area contributed by atoms with E-state index in [2.05, 4.69) is 0 Å². The highest BCUT2D eigenvalue weighted by molar-refractivity contribution is 5.48. The third kappa shape index (κ3) is 5.98. The summed E-state index contributed by atoms with van der Waals surface area (Å²) in [5.74, 6) is 1.36. The molecule has 0 aromatic heterocycles. The second kappa shape index (κ2) is 10.8. The van der Waals surface area contributed by atoms with Crippen LogP contribution in [0.3, 0.4) is 0 Å². The molecule has 5 heteroatoms. The molecule has 3 aromatic carbocycles. The van der Waals surface area contributed by atoms with E-state index in [0.29, 0.717) is 36.7 Å². The van der Waals surface area contributed by atoms with Crippen LogP contribution in [0.15, 0.2) is 66.7 Å². The maximum atomic E-state index is 13.4. The molecular formula is C26H29FO4. The number of aliphatic hydroxyl groups is 1. The molecule has 4 nitrogen and oxygen atoms in total. The Morgan fingerprint density at radius 2 is 1.58 bits per heavy atom. The van der Waals surface area contributed by atoms with Gasteiger partial charge in [0, 0.05) is 11.6 Å². The van der Waals surface area contributed by atoms with Gasteiger partial charge in [-0.1, -0.05) is 36.4 Å². The molecule has 2 atom stereocenters. The second-order valence-corrected chi connectivity index (χ2v) is 7.54. The molecule has 1 N–H and O–H groups in total. The predicted octanol–water partition coefficient (Wildman–Crippen LogP) is 5.51. The fraction of sp³-hybridized carbons (Fsp3) is 0.308. The van der Waals surface area contributed by atoms with E-state index in [1.807, 2.05) is 49.4 Å². The van der Waals surface area contributed by atoms with E-state index in [1.54, 1.807) is 26.4 Å². The average molecular weight is 425 g/mol. The number of halogens is 1. The normalized spacial score (nSPS) is 12.8. The van der Waals surface area contributed by atoms with Gasteiger partial charge in [0.05, 0.1) is 26.9 Å². The maximum absolute atomic E-state index is 13.4. The molecule has 0 radical (unpaired) electrons. The Morgan fingerprint density at radius 3 is 2.19 bits per heavy atom. The van der Waals surface area contributed by atoms with Gasteiger partial charge in [-0.15, -0.1) is 0 Å². The highest BCUT2D eigenvalue weighted by Gasteiger charge is 2.24. The Labute approximate surface area is 183 Å². The van der Waals surface area contributed by atoms with Crippen molar-refractivity contribution in [1.82, 2.24) is 0 Å². The largest absolute Gasteiger partial charge is 0.496 e. The Morgan fingerprint density at radius 1 is 0.903 bits per heavy atom. The molecule has 0 saturated heterocycles. The van der Waals surface area contributed by atoms with Crippen LogP contribution in [-0.4, -0.2) is 25.9 Å². The number of ether oxygens (including phenoxy) is 3. The zero-order valence-electron chi connectivity index (χ0n) is 18.2. The van der Waals surface area contributed by atoms with Gasteiger partial charge in [0.1, 0.15) is 23.1 Å². The van der Waals surface area contributed by atoms with Gasteiger partial charge < -0.3 is 19.3 Å². The number of hydrogen-bond acceptors (Lipinski definition) is 4. The van der Waals surface area contributed by atoms with Gasteiger partial charge in [-0.2, -0.15) is 0 Å². The van der Waals surface area contributed by atoms with Crippen molar-refractivity contribution in [2.24, 2.45) is 5.92 Å². The summed E-state index contributed by atoms with van der Waals surface area (Å²) in [6.07, 6.45) is 0.512. The summed E-state index contributed by atoms with van der Waals surface area (Å²) in [7, 11) is 3.21. The average Bonchev–Trinajstić information content (AvgIpc) is 2.79. The summed E-state index contributed by atoms with van der Waals surface area (Å²) < 4.78 is 30.1. The smallest absolute Gasteiger partial charge is 0.126 e. The number of hydrogen-bond donors (Lipinski definition) is 1. The zero-order chi connectivity index (χ0) is 22.2. The molecule has 0 aliphatic carbocycles. The van der Waals surface area contributed by atoms with Crippen LogP contribution in [0, 0.1) is 18.7 Å². The third-order valence-corrected chi connectivity index (χ3v) is 5.46. The van der Waals surface area contributed by atoms with E-state index >= 15 is 0 Å². The van der Waals surface area contributed by atoms with Gasteiger partial charge in [0.2, 0.25) is 0 Å². The van der Waals surface area contributed by atoms with Crippen molar-refractivity contribution >= 4 is 0 Å². The van der Waals surface area contributed by atoms with Crippen molar-refractivity contribution in [3.05, 3.63) is 89.2 Å². The van der Waals surface area contributed by atoms with Crippen LogP contribution < -0.4 is 14.2 Å². The topological polar surface area (TPSA) is 47.9 Å². The Bertz CT molecular complexity index is 949. The van der Waals surface area contributed by atoms with Crippen molar-refractivity contribution in [3.8, 4) is 17.2 Å². The monoisotopic (exact) mass is 424 g/mol. The second-order valence-electron chi connectivity index (χ2n) is 7.54. The van der Waals surface area contributed by atoms with Gasteiger partial charge in [0.25, 0.3) is 0 Å². The molecule has 0 aliphatic heterocycles. The molecule has 0 aliphatic rings. The quantitative estimate of drug-likeness (QED) is 0.466. The summed E-state index contributed by atoms with van der Waals surface area (Å²) in [4.78, 5) is 0. The molecule has 0 heterocycles. The van der Waals surface area contributed by atoms with Crippen molar-refractivity contribution in [2.75, 3.05) is 20.8 Å². The molecule has 164 valence electrons. The summed E-state index contributed by atoms with van der Waals surface area (Å²) in [5.41, 5.74) is 2.74. The third-order valence-electron chi connectivity index (χ3n) is 5.46.